The monoisotopic (exact) mass is 964 g/mol. The van der Waals surface area contributed by atoms with Crippen molar-refractivity contribution in [1.82, 2.24) is 5.32 Å². The summed E-state index contributed by atoms with van der Waals surface area (Å²) in [5, 5.41) is 44.0. The van der Waals surface area contributed by atoms with Crippen LogP contribution in [0.15, 0.2) is 0 Å². The van der Waals surface area contributed by atoms with Gasteiger partial charge in [0, 0.05) is 0 Å². The molecule has 0 radical (unpaired) electrons. The van der Waals surface area contributed by atoms with Crippen LogP contribution in [0.2, 0.25) is 0 Å². The Kier molecular flexibility index (Phi) is 56.6. The number of unbranched alkanes of at least 4 members (excludes halogenated alkanes) is 50. The molecule has 0 bridgehead atoms. The molecule has 0 aromatic heterocycles. The predicted octanol–water partition coefficient (Wildman–Crippen LogP) is 18.7. The Morgan fingerprint density at radius 3 is 0.706 bits per heavy atom. The van der Waals surface area contributed by atoms with Gasteiger partial charge in [-0.3, -0.25) is 4.79 Å². The van der Waals surface area contributed by atoms with Gasteiger partial charge in [0.2, 0.25) is 5.91 Å². The molecule has 6 nitrogen and oxygen atoms in total. The lowest BCUT2D eigenvalue weighted by Crippen LogP contribution is -2.53. The van der Waals surface area contributed by atoms with Gasteiger partial charge >= 0.3 is 0 Å². The van der Waals surface area contributed by atoms with E-state index < -0.39 is 36.9 Å². The molecule has 0 rings (SSSR count). The number of carbonyl (C=O) groups excluding carboxylic acids is 1. The van der Waals surface area contributed by atoms with E-state index in [0.717, 1.165) is 38.5 Å². The molecule has 6 heteroatoms. The van der Waals surface area contributed by atoms with Crippen LogP contribution in [0.25, 0.3) is 0 Å². The van der Waals surface area contributed by atoms with Crippen LogP contribution in [0.4, 0.5) is 0 Å². The van der Waals surface area contributed by atoms with Crippen LogP contribution in [0.5, 0.6) is 0 Å². The summed E-state index contributed by atoms with van der Waals surface area (Å²) in [7, 11) is 0. The molecule has 0 saturated heterocycles. The Morgan fingerprint density at radius 2 is 0.500 bits per heavy atom. The first-order valence-electron chi connectivity index (χ1n) is 31.4. The van der Waals surface area contributed by atoms with Gasteiger partial charge in [-0.15, -0.1) is 0 Å². The predicted molar refractivity (Wildman–Crippen MR) is 298 cm³/mol. The van der Waals surface area contributed by atoms with Crippen molar-refractivity contribution in [3.63, 3.8) is 0 Å². The average Bonchev–Trinajstić information content (AvgIpc) is 3.34. The minimum Gasteiger partial charge on any atom is -0.394 e. The maximum absolute atomic E-state index is 12.6. The van der Waals surface area contributed by atoms with Crippen molar-refractivity contribution >= 4 is 5.91 Å². The van der Waals surface area contributed by atoms with Gasteiger partial charge < -0.3 is 25.7 Å². The van der Waals surface area contributed by atoms with Gasteiger partial charge in [0.15, 0.2) is 0 Å². The van der Waals surface area contributed by atoms with Crippen molar-refractivity contribution in [2.75, 3.05) is 6.61 Å². The molecule has 0 saturated carbocycles. The molecular formula is C62H125NO5. The first-order chi connectivity index (χ1) is 33.5. The van der Waals surface area contributed by atoms with Crippen molar-refractivity contribution in [1.29, 1.82) is 0 Å². The van der Waals surface area contributed by atoms with E-state index in [1.165, 1.54) is 295 Å². The maximum atomic E-state index is 12.6. The standard InChI is InChI=1S/C62H125NO5/c1-3-5-7-9-11-13-15-17-19-21-22-23-24-25-26-27-28-29-30-31-32-33-34-35-36-37-38-39-40-42-44-46-48-50-52-54-56-60(66)62(68)63-58(57-64)61(67)59(65)55-53-51-49-47-45-43-41-20-18-16-14-12-10-8-6-4-2/h58-61,64-67H,3-57H2,1-2H3,(H,63,68). The average molecular weight is 965 g/mol. The largest absolute Gasteiger partial charge is 0.394 e. The normalized spacial score (nSPS) is 13.6. The highest BCUT2D eigenvalue weighted by molar-refractivity contribution is 5.80. The first kappa shape index (κ1) is 67.3. The molecular weight excluding hydrogens is 839 g/mol. The van der Waals surface area contributed by atoms with Gasteiger partial charge in [0.25, 0.3) is 0 Å². The number of hydrogen-bond acceptors (Lipinski definition) is 5. The number of rotatable bonds is 59. The smallest absolute Gasteiger partial charge is 0.249 e. The summed E-state index contributed by atoms with van der Waals surface area (Å²) >= 11 is 0. The van der Waals surface area contributed by atoms with E-state index in [0.29, 0.717) is 12.8 Å². The van der Waals surface area contributed by atoms with Gasteiger partial charge in [-0.05, 0) is 12.8 Å². The lowest BCUT2D eigenvalue weighted by atomic mass is 9.99. The van der Waals surface area contributed by atoms with Crippen molar-refractivity contribution in [3.8, 4) is 0 Å². The van der Waals surface area contributed by atoms with Crippen LogP contribution >= 0.6 is 0 Å². The van der Waals surface area contributed by atoms with Crippen LogP contribution in [0, 0.1) is 0 Å². The molecule has 0 heterocycles. The van der Waals surface area contributed by atoms with E-state index in [-0.39, 0.29) is 0 Å². The fraction of sp³-hybridized carbons (Fsp3) is 0.984. The molecule has 0 aliphatic heterocycles. The third-order valence-electron chi connectivity index (χ3n) is 15.3. The summed E-state index contributed by atoms with van der Waals surface area (Å²) in [6, 6.07) is -0.981. The Balaban J connectivity index is 3.47. The third-order valence-corrected chi connectivity index (χ3v) is 15.3. The van der Waals surface area contributed by atoms with Crippen LogP contribution in [-0.4, -0.2) is 57.3 Å². The number of amides is 1. The highest BCUT2D eigenvalue weighted by atomic mass is 16.3. The van der Waals surface area contributed by atoms with Gasteiger partial charge in [0.1, 0.15) is 12.2 Å². The summed E-state index contributed by atoms with van der Waals surface area (Å²) in [5.74, 6) is -0.575. The Morgan fingerprint density at radius 1 is 0.309 bits per heavy atom. The molecule has 4 atom stereocenters. The number of aliphatic hydroxyl groups excluding tert-OH is 4. The minimum absolute atomic E-state index is 0.376. The van der Waals surface area contributed by atoms with E-state index in [2.05, 4.69) is 19.2 Å². The van der Waals surface area contributed by atoms with Crippen LogP contribution in [0.1, 0.15) is 361 Å². The second-order valence-corrected chi connectivity index (χ2v) is 22.1. The highest BCUT2D eigenvalue weighted by Gasteiger charge is 2.28. The molecule has 1 amide bonds. The molecule has 0 fully saturated rings. The number of nitrogens with one attached hydrogen (secondary N) is 1. The summed E-state index contributed by atoms with van der Waals surface area (Å²) in [5.41, 5.74) is 0. The van der Waals surface area contributed by atoms with Crippen LogP contribution in [0.3, 0.4) is 0 Å². The van der Waals surface area contributed by atoms with E-state index in [1.54, 1.807) is 0 Å². The summed E-state index contributed by atoms with van der Waals surface area (Å²) in [4.78, 5) is 12.6. The maximum Gasteiger partial charge on any atom is 0.249 e. The molecule has 5 N–H and O–H groups in total. The lowest BCUT2D eigenvalue weighted by molar-refractivity contribution is -0.132. The second kappa shape index (κ2) is 57.2. The lowest BCUT2D eigenvalue weighted by Gasteiger charge is -2.27. The minimum atomic E-state index is -1.25. The molecule has 408 valence electrons. The summed E-state index contributed by atoms with van der Waals surface area (Å²) in [6.07, 6.45) is 67.8. The van der Waals surface area contributed by atoms with Crippen molar-refractivity contribution in [3.05, 3.63) is 0 Å². The van der Waals surface area contributed by atoms with Crippen LogP contribution in [-0.2, 0) is 4.79 Å². The molecule has 0 spiro atoms. The van der Waals surface area contributed by atoms with E-state index in [9.17, 15) is 25.2 Å². The zero-order valence-electron chi connectivity index (χ0n) is 46.4. The van der Waals surface area contributed by atoms with E-state index >= 15 is 0 Å². The number of hydrogen-bond donors (Lipinski definition) is 5. The second-order valence-electron chi connectivity index (χ2n) is 22.1. The quantitative estimate of drug-likeness (QED) is 0.0390. The van der Waals surface area contributed by atoms with E-state index in [1.807, 2.05) is 0 Å². The van der Waals surface area contributed by atoms with Crippen LogP contribution < -0.4 is 5.32 Å². The number of aliphatic hydroxyl groups is 4. The SMILES string of the molecule is CCCCCCCCCCCCCCCCCCCCCCCCCCCCCCCCCCCCCCC(O)C(=O)NC(CO)C(O)C(O)CCCCCCCCCCCCCCCCCC. The van der Waals surface area contributed by atoms with Crippen molar-refractivity contribution < 1.29 is 25.2 Å². The van der Waals surface area contributed by atoms with Gasteiger partial charge in [-0.2, -0.15) is 0 Å². The first-order valence-corrected chi connectivity index (χ1v) is 31.4. The van der Waals surface area contributed by atoms with Crippen molar-refractivity contribution in [2.45, 2.75) is 385 Å². The summed E-state index contributed by atoms with van der Waals surface area (Å²) < 4.78 is 0. The number of carbonyl (C=O) groups is 1. The highest BCUT2D eigenvalue weighted by Crippen LogP contribution is 2.19. The third kappa shape index (κ3) is 50.3. The topological polar surface area (TPSA) is 110 Å². The molecule has 4 unspecified atom stereocenters. The molecule has 68 heavy (non-hydrogen) atoms. The summed E-state index contributed by atoms with van der Waals surface area (Å²) in [6.45, 7) is 4.10. The Bertz CT molecular complexity index is 948. The Labute approximate surface area is 426 Å². The van der Waals surface area contributed by atoms with Gasteiger partial charge in [0.05, 0.1) is 18.8 Å². The van der Waals surface area contributed by atoms with Gasteiger partial charge in [-0.25, -0.2) is 0 Å². The fourth-order valence-corrected chi connectivity index (χ4v) is 10.4. The molecule has 0 aliphatic rings. The molecule has 0 aromatic rings. The Hall–Kier alpha value is -0.690. The van der Waals surface area contributed by atoms with Crippen molar-refractivity contribution in [2.24, 2.45) is 0 Å². The zero-order valence-corrected chi connectivity index (χ0v) is 46.4. The van der Waals surface area contributed by atoms with E-state index in [4.69, 9.17) is 0 Å². The zero-order chi connectivity index (χ0) is 49.5. The fourth-order valence-electron chi connectivity index (χ4n) is 10.4. The molecule has 0 aromatic carbocycles. The molecule has 0 aliphatic carbocycles. The van der Waals surface area contributed by atoms with Gasteiger partial charge in [-0.1, -0.05) is 348 Å².